The Morgan fingerprint density at radius 3 is 2.42 bits per heavy atom. The van der Waals surface area contributed by atoms with Gasteiger partial charge >= 0.3 is 6.03 Å². The molecule has 1 saturated heterocycles. The minimum Gasteiger partial charge on any atom is -0.342 e. The highest BCUT2D eigenvalue weighted by atomic mass is 16.2. The number of carbonyl (C=O) groups excluding carboxylic acids is 2. The smallest absolute Gasteiger partial charge is 0.321 e. The van der Waals surface area contributed by atoms with Gasteiger partial charge in [0.05, 0.1) is 29.3 Å². The Balaban J connectivity index is 1.62. The number of rotatable bonds is 6. The number of anilines is 1. The van der Waals surface area contributed by atoms with E-state index in [1.165, 1.54) is 0 Å². The molecule has 0 spiro atoms. The lowest BCUT2D eigenvalue weighted by Gasteiger charge is -2.25. The predicted octanol–water partition coefficient (Wildman–Crippen LogP) is 2.90. The summed E-state index contributed by atoms with van der Waals surface area (Å²) in [7, 11) is 0. The molecule has 1 aromatic carbocycles. The number of para-hydroxylation sites is 1. The highest BCUT2D eigenvalue weighted by Gasteiger charge is 2.23. The fourth-order valence-electron chi connectivity index (χ4n) is 4.03. The van der Waals surface area contributed by atoms with Gasteiger partial charge in [-0.2, -0.15) is 5.10 Å². The van der Waals surface area contributed by atoms with E-state index in [0.717, 1.165) is 48.8 Å². The van der Waals surface area contributed by atoms with Crippen molar-refractivity contribution in [2.24, 2.45) is 0 Å². The number of nitrogens with zero attached hydrogens (tertiary/aromatic N) is 5. The summed E-state index contributed by atoms with van der Waals surface area (Å²) >= 11 is 0. The van der Waals surface area contributed by atoms with Crippen LogP contribution >= 0.6 is 0 Å². The maximum atomic E-state index is 13.0. The molecule has 8 nitrogen and oxygen atoms in total. The van der Waals surface area contributed by atoms with Crippen LogP contribution in [0.25, 0.3) is 5.69 Å². The Kier molecular flexibility index (Phi) is 7.68. The summed E-state index contributed by atoms with van der Waals surface area (Å²) in [4.78, 5) is 31.2. The molecule has 3 rings (SSSR count). The van der Waals surface area contributed by atoms with Gasteiger partial charge in [0.25, 0.3) is 0 Å². The van der Waals surface area contributed by atoms with Gasteiger partial charge in [-0.15, -0.1) is 0 Å². The third kappa shape index (κ3) is 5.44. The van der Waals surface area contributed by atoms with Crippen molar-refractivity contribution in [1.82, 2.24) is 24.5 Å². The Hall–Kier alpha value is -2.87. The van der Waals surface area contributed by atoms with Gasteiger partial charge < -0.3 is 15.1 Å². The summed E-state index contributed by atoms with van der Waals surface area (Å²) in [6.07, 6.45) is 0.847. The summed E-state index contributed by atoms with van der Waals surface area (Å²) in [5, 5.41) is 7.68. The van der Waals surface area contributed by atoms with Gasteiger partial charge in [0, 0.05) is 39.3 Å². The zero-order chi connectivity index (χ0) is 22.4. The molecule has 1 fully saturated rings. The maximum Gasteiger partial charge on any atom is 0.321 e. The number of aromatic nitrogens is 2. The van der Waals surface area contributed by atoms with Crippen molar-refractivity contribution >= 4 is 17.6 Å². The maximum absolute atomic E-state index is 13.0. The lowest BCUT2D eigenvalue weighted by molar-refractivity contribution is -0.132. The number of likely N-dealkylation sites (N-methyl/N-ethyl adjacent to an activating group) is 1. The molecule has 0 bridgehead atoms. The normalized spacial score (nSPS) is 14.9. The molecule has 1 aliphatic rings. The SMILES string of the molecule is CCN(CC)C(=O)CN1CCCN(C(=O)Nc2c(C)nn(-c3ccccc3)c2C)CC1. The van der Waals surface area contributed by atoms with Gasteiger partial charge in [-0.3, -0.25) is 9.69 Å². The van der Waals surface area contributed by atoms with Gasteiger partial charge in [0.2, 0.25) is 5.91 Å². The Bertz CT molecular complexity index is 891. The van der Waals surface area contributed by atoms with Crippen LogP contribution in [-0.4, -0.2) is 82.2 Å². The van der Waals surface area contributed by atoms with E-state index >= 15 is 0 Å². The van der Waals surface area contributed by atoms with Crippen molar-refractivity contribution in [3.63, 3.8) is 0 Å². The second kappa shape index (κ2) is 10.4. The standard InChI is InChI=1S/C23H34N6O2/c1-5-27(6-2)21(30)17-26-13-10-14-28(16-15-26)23(31)24-22-18(3)25-29(19(22)4)20-11-8-7-9-12-20/h7-9,11-12H,5-6,10,13-17H2,1-4H3,(H,24,31). The predicted molar refractivity (Wildman–Crippen MR) is 123 cm³/mol. The lowest BCUT2D eigenvalue weighted by atomic mass is 10.3. The van der Waals surface area contributed by atoms with E-state index in [4.69, 9.17) is 0 Å². The topological polar surface area (TPSA) is 73.7 Å². The molecule has 0 aliphatic carbocycles. The summed E-state index contributed by atoms with van der Waals surface area (Å²) in [6, 6.07) is 9.78. The monoisotopic (exact) mass is 426 g/mol. The molecular weight excluding hydrogens is 392 g/mol. The zero-order valence-electron chi connectivity index (χ0n) is 19.1. The molecule has 0 saturated carbocycles. The van der Waals surface area contributed by atoms with Crippen LogP contribution in [0.5, 0.6) is 0 Å². The molecule has 8 heteroatoms. The molecule has 31 heavy (non-hydrogen) atoms. The van der Waals surface area contributed by atoms with Crippen LogP contribution in [0.2, 0.25) is 0 Å². The highest BCUT2D eigenvalue weighted by Crippen LogP contribution is 2.23. The molecule has 2 heterocycles. The van der Waals surface area contributed by atoms with Crippen LogP contribution in [0, 0.1) is 13.8 Å². The van der Waals surface area contributed by atoms with Crippen molar-refractivity contribution in [2.45, 2.75) is 34.1 Å². The molecular formula is C23H34N6O2. The molecule has 0 unspecified atom stereocenters. The van der Waals surface area contributed by atoms with E-state index in [2.05, 4.69) is 15.3 Å². The fourth-order valence-corrected chi connectivity index (χ4v) is 4.03. The zero-order valence-corrected chi connectivity index (χ0v) is 19.1. The number of hydrogen-bond donors (Lipinski definition) is 1. The van der Waals surface area contributed by atoms with Gasteiger partial charge in [-0.25, -0.2) is 9.48 Å². The average Bonchev–Trinajstić information content (AvgIpc) is 2.93. The first kappa shape index (κ1) is 22.8. The van der Waals surface area contributed by atoms with Gasteiger partial charge in [-0.1, -0.05) is 18.2 Å². The van der Waals surface area contributed by atoms with E-state index in [9.17, 15) is 9.59 Å². The van der Waals surface area contributed by atoms with Crippen LogP contribution < -0.4 is 5.32 Å². The van der Waals surface area contributed by atoms with E-state index in [1.807, 2.05) is 72.5 Å². The first-order chi connectivity index (χ1) is 14.9. The molecule has 2 aromatic rings. The summed E-state index contributed by atoms with van der Waals surface area (Å²) in [5.41, 5.74) is 3.41. The molecule has 1 aliphatic heterocycles. The first-order valence-corrected chi connectivity index (χ1v) is 11.1. The lowest BCUT2D eigenvalue weighted by Crippen LogP contribution is -2.42. The van der Waals surface area contributed by atoms with E-state index < -0.39 is 0 Å². The van der Waals surface area contributed by atoms with Crippen LogP contribution in [-0.2, 0) is 4.79 Å². The summed E-state index contributed by atoms with van der Waals surface area (Å²) in [5.74, 6) is 0.155. The number of benzene rings is 1. The minimum absolute atomic E-state index is 0.115. The molecule has 0 radical (unpaired) electrons. The Labute approximate surface area is 184 Å². The number of amides is 3. The van der Waals surface area contributed by atoms with Crippen LogP contribution in [0.4, 0.5) is 10.5 Å². The number of nitrogens with one attached hydrogen (secondary N) is 1. The van der Waals surface area contributed by atoms with Crippen molar-refractivity contribution < 1.29 is 9.59 Å². The molecule has 1 aromatic heterocycles. The Morgan fingerprint density at radius 2 is 1.74 bits per heavy atom. The summed E-state index contributed by atoms with van der Waals surface area (Å²) < 4.78 is 1.86. The van der Waals surface area contributed by atoms with Gasteiger partial charge in [0.15, 0.2) is 0 Å². The minimum atomic E-state index is -0.115. The van der Waals surface area contributed by atoms with Crippen LogP contribution in [0.1, 0.15) is 31.7 Å². The number of hydrogen-bond acceptors (Lipinski definition) is 4. The van der Waals surface area contributed by atoms with Crippen molar-refractivity contribution in [2.75, 3.05) is 51.1 Å². The van der Waals surface area contributed by atoms with Crippen molar-refractivity contribution in [3.8, 4) is 5.69 Å². The molecule has 168 valence electrons. The first-order valence-electron chi connectivity index (χ1n) is 11.1. The number of carbonyl (C=O) groups is 2. The second-order valence-corrected chi connectivity index (χ2v) is 7.91. The third-order valence-corrected chi connectivity index (χ3v) is 5.87. The summed E-state index contributed by atoms with van der Waals surface area (Å²) in [6.45, 7) is 12.5. The Morgan fingerprint density at radius 1 is 1.03 bits per heavy atom. The van der Waals surface area contributed by atoms with Gasteiger partial charge in [0.1, 0.15) is 0 Å². The second-order valence-electron chi connectivity index (χ2n) is 7.91. The van der Waals surface area contributed by atoms with Crippen molar-refractivity contribution in [1.29, 1.82) is 0 Å². The molecule has 1 N–H and O–H groups in total. The van der Waals surface area contributed by atoms with Crippen LogP contribution in [0.15, 0.2) is 30.3 Å². The highest BCUT2D eigenvalue weighted by molar-refractivity contribution is 5.90. The van der Waals surface area contributed by atoms with Gasteiger partial charge in [-0.05, 0) is 46.2 Å². The number of aryl methyl sites for hydroxylation is 1. The van der Waals surface area contributed by atoms with Crippen molar-refractivity contribution in [3.05, 3.63) is 41.7 Å². The molecule has 3 amide bonds. The van der Waals surface area contributed by atoms with E-state index in [0.29, 0.717) is 26.2 Å². The fraction of sp³-hybridized carbons (Fsp3) is 0.522. The van der Waals surface area contributed by atoms with E-state index in [-0.39, 0.29) is 11.9 Å². The largest absolute Gasteiger partial charge is 0.342 e. The average molecular weight is 427 g/mol. The van der Waals surface area contributed by atoms with E-state index in [1.54, 1.807) is 0 Å². The molecule has 0 atom stereocenters. The quantitative estimate of drug-likeness (QED) is 0.771. The number of urea groups is 1. The third-order valence-electron chi connectivity index (χ3n) is 5.87. The van der Waals surface area contributed by atoms with Crippen LogP contribution in [0.3, 0.4) is 0 Å².